The van der Waals surface area contributed by atoms with Crippen LogP contribution < -0.4 is 0 Å². The van der Waals surface area contributed by atoms with Crippen molar-refractivity contribution in [2.75, 3.05) is 39.0 Å². The van der Waals surface area contributed by atoms with Gasteiger partial charge in [-0.1, -0.05) is 26.5 Å². The lowest BCUT2D eigenvalue weighted by Gasteiger charge is -2.27. The highest BCUT2D eigenvalue weighted by Crippen LogP contribution is 2.21. The maximum Gasteiger partial charge on any atom is 0.0594 e. The summed E-state index contributed by atoms with van der Waals surface area (Å²) in [6.07, 6.45) is 5.80. The summed E-state index contributed by atoms with van der Waals surface area (Å²) in [5, 5.41) is 0. The first-order chi connectivity index (χ1) is 6.45. The van der Waals surface area contributed by atoms with Gasteiger partial charge >= 0.3 is 0 Å². The van der Waals surface area contributed by atoms with E-state index < -0.39 is 0 Å². The largest absolute Gasteiger partial charge is 0.379 e. The van der Waals surface area contributed by atoms with Crippen molar-refractivity contribution in [1.82, 2.24) is 4.90 Å². The van der Waals surface area contributed by atoms with Crippen LogP contribution in [0.2, 0.25) is 0 Å². The average molecular weight is 197 g/mol. The molecule has 2 rings (SSSR count). The molecule has 2 heterocycles. The fourth-order valence-electron chi connectivity index (χ4n) is 1.63. The van der Waals surface area contributed by atoms with Gasteiger partial charge in [-0.3, -0.25) is 4.90 Å². The minimum Gasteiger partial charge on any atom is -0.379 e. The van der Waals surface area contributed by atoms with Crippen LogP contribution in [0.1, 0.15) is 0 Å². The molecule has 0 radical (unpaired) electrons. The number of hydrogen-bond donors (Lipinski definition) is 0. The van der Waals surface area contributed by atoms with E-state index >= 15 is 0 Å². The van der Waals surface area contributed by atoms with Crippen LogP contribution in [0.4, 0.5) is 0 Å². The van der Waals surface area contributed by atoms with Gasteiger partial charge in [0, 0.05) is 19.6 Å². The monoisotopic (exact) mass is 197 g/mol. The molecule has 0 amide bonds. The molecule has 72 valence electrons. The fourth-order valence-corrected chi connectivity index (χ4v) is 2.45. The molecule has 0 aromatic heterocycles. The molecule has 1 saturated heterocycles. The van der Waals surface area contributed by atoms with Gasteiger partial charge in [-0.25, -0.2) is 0 Å². The van der Waals surface area contributed by atoms with Crippen molar-refractivity contribution in [1.29, 1.82) is 0 Å². The van der Waals surface area contributed by atoms with E-state index in [-0.39, 0.29) is 0 Å². The molecule has 0 bridgehead atoms. The number of nitrogens with zero attached hydrogens (tertiary/aromatic N) is 1. The summed E-state index contributed by atoms with van der Waals surface area (Å²) in [6, 6.07) is 0. The molecular weight excluding hydrogens is 181 g/mol. The van der Waals surface area contributed by atoms with E-state index in [4.69, 9.17) is 4.74 Å². The Kier molecular flexibility index (Phi) is 3.54. The van der Waals surface area contributed by atoms with Gasteiger partial charge in [0.05, 0.1) is 13.2 Å². The normalized spacial score (nSPS) is 26.3. The highest BCUT2D eigenvalue weighted by atomic mass is 31.1. The minimum atomic E-state index is 0.902. The number of morpholine rings is 1. The summed E-state index contributed by atoms with van der Waals surface area (Å²) in [4.78, 5) is 2.47. The summed E-state index contributed by atoms with van der Waals surface area (Å²) >= 11 is 0. The maximum absolute atomic E-state index is 5.31. The van der Waals surface area contributed by atoms with Crippen molar-refractivity contribution >= 4 is 8.58 Å². The summed E-state index contributed by atoms with van der Waals surface area (Å²) < 4.78 is 5.31. The van der Waals surface area contributed by atoms with Gasteiger partial charge in [0.2, 0.25) is 0 Å². The summed E-state index contributed by atoms with van der Waals surface area (Å²) in [5.74, 6) is 2.38. The van der Waals surface area contributed by atoms with E-state index in [2.05, 4.69) is 22.9 Å². The van der Waals surface area contributed by atoms with Gasteiger partial charge in [-0.15, -0.1) is 0 Å². The molecule has 0 aromatic carbocycles. The Labute approximate surface area is 81.4 Å². The Balaban J connectivity index is 1.82. The smallest absolute Gasteiger partial charge is 0.0594 e. The Morgan fingerprint density at radius 1 is 1.38 bits per heavy atom. The molecule has 1 atom stereocenters. The Morgan fingerprint density at radius 3 is 2.92 bits per heavy atom. The third-order valence-corrected chi connectivity index (χ3v) is 3.41. The summed E-state index contributed by atoms with van der Waals surface area (Å²) in [7, 11) is 0.996. The molecule has 0 aliphatic carbocycles. The molecule has 1 fully saturated rings. The molecule has 2 nitrogen and oxygen atoms in total. The first kappa shape index (κ1) is 9.39. The average Bonchev–Trinajstić information content (AvgIpc) is 2.21. The Hall–Kier alpha value is -0.170. The molecule has 13 heavy (non-hydrogen) atoms. The predicted molar refractivity (Wildman–Crippen MR) is 57.7 cm³/mol. The fraction of sp³-hybridized carbons (Fsp3) is 0.600. The van der Waals surface area contributed by atoms with Gasteiger partial charge in [0.1, 0.15) is 0 Å². The van der Waals surface area contributed by atoms with E-state index in [0.717, 1.165) is 41.4 Å². The van der Waals surface area contributed by atoms with Crippen LogP contribution >= 0.6 is 8.58 Å². The molecule has 3 heteroatoms. The lowest BCUT2D eigenvalue weighted by Crippen LogP contribution is -2.37. The predicted octanol–water partition coefficient (Wildman–Crippen LogP) is 1.45. The molecule has 0 N–H and O–H groups in total. The molecule has 2 aliphatic heterocycles. The van der Waals surface area contributed by atoms with E-state index in [1.165, 1.54) is 11.7 Å². The zero-order chi connectivity index (χ0) is 8.93. The second-order valence-electron chi connectivity index (χ2n) is 3.42. The first-order valence-corrected chi connectivity index (χ1v) is 6.13. The molecule has 0 spiro atoms. The number of hydrogen-bond acceptors (Lipinski definition) is 2. The molecular formula is C10H16NOP. The highest BCUT2D eigenvalue weighted by Gasteiger charge is 2.11. The molecule has 0 aromatic rings. The van der Waals surface area contributed by atoms with E-state index in [9.17, 15) is 0 Å². The Morgan fingerprint density at radius 2 is 2.23 bits per heavy atom. The van der Waals surface area contributed by atoms with Crippen molar-refractivity contribution in [3.8, 4) is 0 Å². The van der Waals surface area contributed by atoms with Gasteiger partial charge in [-0.05, 0) is 11.7 Å². The van der Waals surface area contributed by atoms with Crippen LogP contribution in [0, 0.1) is 0 Å². The topological polar surface area (TPSA) is 12.5 Å². The second-order valence-corrected chi connectivity index (χ2v) is 4.52. The number of allylic oxidation sites excluding steroid dienone is 1. The number of rotatable bonds is 2. The first-order valence-electron chi connectivity index (χ1n) is 4.84. The number of ether oxygens (including phenoxy) is 1. The van der Waals surface area contributed by atoms with E-state index in [1.54, 1.807) is 0 Å². The van der Waals surface area contributed by atoms with Gasteiger partial charge in [0.25, 0.3) is 0 Å². The third kappa shape index (κ3) is 2.91. The molecule has 1 unspecified atom stereocenters. The van der Waals surface area contributed by atoms with Crippen LogP contribution in [-0.2, 0) is 4.74 Å². The van der Waals surface area contributed by atoms with Crippen molar-refractivity contribution < 1.29 is 4.74 Å². The zero-order valence-electron chi connectivity index (χ0n) is 7.83. The van der Waals surface area contributed by atoms with Crippen LogP contribution in [0.5, 0.6) is 0 Å². The summed E-state index contributed by atoms with van der Waals surface area (Å²) in [6.45, 7) is 5.11. The van der Waals surface area contributed by atoms with Crippen LogP contribution in [0.15, 0.2) is 23.5 Å². The molecule has 2 aliphatic rings. The minimum absolute atomic E-state index is 0.902. The van der Waals surface area contributed by atoms with Crippen LogP contribution in [0.3, 0.4) is 0 Å². The standard InChI is InChI=1S/C10H16NOP/c1-2-10(9-13-7-1)8-11-3-5-12-6-4-11/h1-2,9,13H,3-8H2. The quantitative estimate of drug-likeness (QED) is 0.621. The van der Waals surface area contributed by atoms with E-state index in [1.807, 2.05) is 0 Å². The SMILES string of the molecule is C1=CC(CN2CCOCC2)=CPC1. The zero-order valence-corrected chi connectivity index (χ0v) is 8.83. The Bertz CT molecular complexity index is 219. The lowest BCUT2D eigenvalue weighted by molar-refractivity contribution is 0.0426. The van der Waals surface area contributed by atoms with E-state index in [0.29, 0.717) is 0 Å². The van der Waals surface area contributed by atoms with Gasteiger partial charge in [-0.2, -0.15) is 0 Å². The van der Waals surface area contributed by atoms with Gasteiger partial charge in [0.15, 0.2) is 0 Å². The summed E-state index contributed by atoms with van der Waals surface area (Å²) in [5.41, 5.74) is 1.49. The van der Waals surface area contributed by atoms with Crippen LogP contribution in [0.25, 0.3) is 0 Å². The maximum atomic E-state index is 5.31. The lowest BCUT2D eigenvalue weighted by atomic mass is 10.2. The van der Waals surface area contributed by atoms with Gasteiger partial charge < -0.3 is 4.74 Å². The third-order valence-electron chi connectivity index (χ3n) is 2.36. The van der Waals surface area contributed by atoms with Crippen LogP contribution in [-0.4, -0.2) is 43.9 Å². The molecule has 0 saturated carbocycles. The highest BCUT2D eigenvalue weighted by molar-refractivity contribution is 7.42. The van der Waals surface area contributed by atoms with Crippen molar-refractivity contribution in [2.24, 2.45) is 0 Å². The van der Waals surface area contributed by atoms with Crippen molar-refractivity contribution in [3.63, 3.8) is 0 Å². The van der Waals surface area contributed by atoms with Crippen molar-refractivity contribution in [2.45, 2.75) is 0 Å². The second kappa shape index (κ2) is 4.90. The van der Waals surface area contributed by atoms with Crippen molar-refractivity contribution in [3.05, 3.63) is 23.5 Å².